The maximum atomic E-state index is 2.29. The zero-order valence-corrected chi connectivity index (χ0v) is 13.5. The highest BCUT2D eigenvalue weighted by Gasteiger charge is 2.24. The number of aryl methyl sites for hydroxylation is 3. The molecule has 0 aliphatic rings. The summed E-state index contributed by atoms with van der Waals surface area (Å²) in [6, 6.07) is 26.2. The molecule has 0 saturated carbocycles. The molecule has 0 bridgehead atoms. The van der Waals surface area contributed by atoms with Crippen molar-refractivity contribution in [1.29, 1.82) is 0 Å². The molecule has 0 heterocycles. The third-order valence-electron chi connectivity index (χ3n) is 4.29. The van der Waals surface area contributed by atoms with Gasteiger partial charge in [-0.2, -0.15) is 0 Å². The highest BCUT2D eigenvalue weighted by molar-refractivity contribution is 6.96. The zero-order chi connectivity index (χ0) is 15.5. The van der Waals surface area contributed by atoms with Crippen molar-refractivity contribution in [1.82, 2.24) is 0 Å². The number of benzene rings is 3. The van der Waals surface area contributed by atoms with Gasteiger partial charge < -0.3 is 0 Å². The van der Waals surface area contributed by atoms with Crippen molar-refractivity contribution < 1.29 is 0 Å². The molecular weight excluding hydrogens is 263 g/mol. The third kappa shape index (κ3) is 2.85. The van der Waals surface area contributed by atoms with Gasteiger partial charge in [-0.05, 0) is 20.8 Å². The minimum atomic E-state index is 0.294. The van der Waals surface area contributed by atoms with E-state index in [-0.39, 0.29) is 0 Å². The van der Waals surface area contributed by atoms with Crippen molar-refractivity contribution >= 4 is 23.1 Å². The van der Waals surface area contributed by atoms with Crippen LogP contribution in [0.1, 0.15) is 16.7 Å². The van der Waals surface area contributed by atoms with Crippen molar-refractivity contribution in [3.8, 4) is 0 Å². The van der Waals surface area contributed by atoms with Crippen LogP contribution in [0.3, 0.4) is 0 Å². The van der Waals surface area contributed by atoms with Gasteiger partial charge in [0, 0.05) is 0 Å². The first-order valence-corrected chi connectivity index (χ1v) is 7.84. The Morgan fingerprint density at radius 2 is 1.00 bits per heavy atom. The second kappa shape index (κ2) is 6.23. The normalized spacial score (nSPS) is 10.5. The van der Waals surface area contributed by atoms with Crippen LogP contribution in [0.5, 0.6) is 0 Å². The standard InChI is InChI=1S/C21H21B/c1-16-14-17(2)21(18(3)15-16)22(19-10-6-4-7-11-19)20-12-8-5-9-13-20/h4-15H,1-3H3. The first-order valence-electron chi connectivity index (χ1n) is 7.84. The topological polar surface area (TPSA) is 0 Å². The van der Waals surface area contributed by atoms with Crippen LogP contribution in [0, 0.1) is 20.8 Å². The predicted octanol–water partition coefficient (Wildman–Crippen LogP) is 3.13. The average Bonchev–Trinajstić information content (AvgIpc) is 2.52. The molecule has 3 aromatic carbocycles. The molecule has 0 saturated heterocycles. The SMILES string of the molecule is Cc1cc(C)c(B(c2ccccc2)c2ccccc2)c(C)c1. The largest absolute Gasteiger partial charge is 0.241 e. The maximum absolute atomic E-state index is 2.29. The molecule has 0 aromatic heterocycles. The van der Waals surface area contributed by atoms with Crippen LogP contribution in [0.25, 0.3) is 0 Å². The van der Waals surface area contributed by atoms with Gasteiger partial charge in [-0.25, -0.2) is 0 Å². The smallest absolute Gasteiger partial charge is 0.0686 e. The van der Waals surface area contributed by atoms with Crippen LogP contribution < -0.4 is 16.4 Å². The molecule has 0 fully saturated rings. The molecule has 0 aliphatic heterocycles. The summed E-state index contributed by atoms with van der Waals surface area (Å²) in [6.07, 6.45) is 0. The fraction of sp³-hybridized carbons (Fsp3) is 0.143. The quantitative estimate of drug-likeness (QED) is 0.648. The zero-order valence-electron chi connectivity index (χ0n) is 13.5. The Bertz CT molecular complexity index is 698. The van der Waals surface area contributed by atoms with E-state index in [9.17, 15) is 0 Å². The summed E-state index contributed by atoms with van der Waals surface area (Å²) in [5, 5.41) is 0. The van der Waals surface area contributed by atoms with Gasteiger partial charge in [-0.15, -0.1) is 0 Å². The minimum absolute atomic E-state index is 0.294. The monoisotopic (exact) mass is 284 g/mol. The molecule has 0 nitrogen and oxygen atoms in total. The van der Waals surface area contributed by atoms with Crippen LogP contribution in [0.2, 0.25) is 0 Å². The first-order chi connectivity index (χ1) is 10.7. The molecule has 108 valence electrons. The summed E-state index contributed by atoms with van der Waals surface area (Å²) >= 11 is 0. The van der Waals surface area contributed by atoms with E-state index >= 15 is 0 Å². The lowest BCUT2D eigenvalue weighted by Gasteiger charge is -2.20. The molecule has 0 N–H and O–H groups in total. The van der Waals surface area contributed by atoms with E-state index in [1.807, 2.05) is 0 Å². The lowest BCUT2D eigenvalue weighted by molar-refractivity contribution is 1.35. The second-order valence-corrected chi connectivity index (χ2v) is 6.07. The van der Waals surface area contributed by atoms with Crippen LogP contribution in [-0.2, 0) is 0 Å². The van der Waals surface area contributed by atoms with E-state index in [4.69, 9.17) is 0 Å². The van der Waals surface area contributed by atoms with Gasteiger partial charge in [0.2, 0.25) is 6.71 Å². The Morgan fingerprint density at radius 3 is 1.41 bits per heavy atom. The molecule has 0 radical (unpaired) electrons. The van der Waals surface area contributed by atoms with Gasteiger partial charge in [0.25, 0.3) is 0 Å². The van der Waals surface area contributed by atoms with E-state index in [0.29, 0.717) is 6.71 Å². The predicted molar refractivity (Wildman–Crippen MR) is 98.2 cm³/mol. The van der Waals surface area contributed by atoms with E-state index in [0.717, 1.165) is 0 Å². The number of rotatable bonds is 3. The number of hydrogen-bond donors (Lipinski definition) is 0. The molecule has 0 spiro atoms. The molecule has 1 heteroatoms. The van der Waals surface area contributed by atoms with E-state index < -0.39 is 0 Å². The highest BCUT2D eigenvalue weighted by atomic mass is 14.1. The van der Waals surface area contributed by atoms with Gasteiger partial charge in [0.05, 0.1) is 0 Å². The summed E-state index contributed by atoms with van der Waals surface area (Å²) in [7, 11) is 0. The second-order valence-electron chi connectivity index (χ2n) is 6.07. The molecular formula is C21H21B. The van der Waals surface area contributed by atoms with Crippen LogP contribution in [0.15, 0.2) is 72.8 Å². The highest BCUT2D eigenvalue weighted by Crippen LogP contribution is 2.08. The van der Waals surface area contributed by atoms with Crippen molar-refractivity contribution in [2.24, 2.45) is 0 Å². The third-order valence-corrected chi connectivity index (χ3v) is 4.29. The Kier molecular flexibility index (Phi) is 4.15. The Balaban J connectivity index is 2.24. The fourth-order valence-electron chi connectivity index (χ4n) is 3.46. The van der Waals surface area contributed by atoms with Crippen LogP contribution in [-0.4, -0.2) is 6.71 Å². The van der Waals surface area contributed by atoms with Crippen molar-refractivity contribution in [2.75, 3.05) is 0 Å². The van der Waals surface area contributed by atoms with Gasteiger partial charge in [0.1, 0.15) is 0 Å². The van der Waals surface area contributed by atoms with E-state index in [2.05, 4.69) is 93.6 Å². The van der Waals surface area contributed by atoms with Gasteiger partial charge in [0.15, 0.2) is 0 Å². The molecule has 0 amide bonds. The number of hydrogen-bond acceptors (Lipinski definition) is 0. The van der Waals surface area contributed by atoms with Crippen LogP contribution >= 0.6 is 0 Å². The lowest BCUT2D eigenvalue weighted by atomic mass is 9.35. The van der Waals surface area contributed by atoms with Crippen molar-refractivity contribution in [3.63, 3.8) is 0 Å². The summed E-state index contributed by atoms with van der Waals surface area (Å²) in [5.74, 6) is 0. The van der Waals surface area contributed by atoms with Crippen molar-refractivity contribution in [3.05, 3.63) is 89.5 Å². The lowest BCUT2D eigenvalue weighted by Crippen LogP contribution is -2.53. The molecule has 3 aromatic rings. The molecule has 3 rings (SSSR count). The maximum Gasteiger partial charge on any atom is 0.241 e. The summed E-state index contributed by atoms with van der Waals surface area (Å²) in [6.45, 7) is 6.93. The van der Waals surface area contributed by atoms with E-state index in [1.165, 1.54) is 33.1 Å². The molecule has 0 unspecified atom stereocenters. The summed E-state index contributed by atoms with van der Waals surface area (Å²) < 4.78 is 0. The molecule has 0 atom stereocenters. The van der Waals surface area contributed by atoms with Gasteiger partial charge in [-0.3, -0.25) is 0 Å². The minimum Gasteiger partial charge on any atom is -0.0686 e. The molecule has 0 aliphatic carbocycles. The van der Waals surface area contributed by atoms with Gasteiger partial charge >= 0.3 is 0 Å². The van der Waals surface area contributed by atoms with Crippen molar-refractivity contribution in [2.45, 2.75) is 20.8 Å². The van der Waals surface area contributed by atoms with Gasteiger partial charge in [-0.1, -0.05) is 106 Å². The average molecular weight is 284 g/mol. The Hall–Kier alpha value is -2.28. The Morgan fingerprint density at radius 1 is 0.591 bits per heavy atom. The van der Waals surface area contributed by atoms with Crippen LogP contribution in [0.4, 0.5) is 0 Å². The summed E-state index contributed by atoms with van der Waals surface area (Å²) in [5.41, 5.74) is 8.21. The fourth-order valence-corrected chi connectivity index (χ4v) is 3.46. The molecule has 22 heavy (non-hydrogen) atoms. The van der Waals surface area contributed by atoms with E-state index in [1.54, 1.807) is 0 Å². The summed E-state index contributed by atoms with van der Waals surface area (Å²) in [4.78, 5) is 0. The Labute approximate surface area is 133 Å². The first kappa shape index (κ1) is 14.7.